The fourth-order valence-electron chi connectivity index (χ4n) is 1.34. The number of ether oxygens (including phenoxy) is 2. The summed E-state index contributed by atoms with van der Waals surface area (Å²) < 4.78 is 10.2. The van der Waals surface area contributed by atoms with Crippen LogP contribution < -0.4 is 10.1 Å². The van der Waals surface area contributed by atoms with Gasteiger partial charge in [0.25, 0.3) is 5.91 Å². The topological polar surface area (TPSA) is 64.6 Å². The third-order valence-electron chi connectivity index (χ3n) is 2.28. The Morgan fingerprint density at radius 2 is 1.95 bits per heavy atom. The third kappa shape index (κ3) is 4.99. The molecule has 19 heavy (non-hydrogen) atoms. The summed E-state index contributed by atoms with van der Waals surface area (Å²) in [7, 11) is 0. The number of carbonyl (C=O) groups is 2. The number of amides is 1. The number of nitrogens with one attached hydrogen (secondary N) is 1. The maximum Gasteiger partial charge on any atom is 0.308 e. The normalized spacial score (nSPS) is 10.1. The van der Waals surface area contributed by atoms with Gasteiger partial charge < -0.3 is 14.8 Å². The summed E-state index contributed by atoms with van der Waals surface area (Å²) >= 11 is 0. The molecule has 0 saturated carbocycles. The van der Waals surface area contributed by atoms with Gasteiger partial charge in [-0.3, -0.25) is 9.59 Å². The predicted octanol–water partition coefficient (Wildman–Crippen LogP) is 2.22. The van der Waals surface area contributed by atoms with Crippen molar-refractivity contribution in [1.29, 1.82) is 0 Å². The van der Waals surface area contributed by atoms with Crippen LogP contribution in [0.4, 0.5) is 5.69 Å². The highest BCUT2D eigenvalue weighted by atomic mass is 16.5. The summed E-state index contributed by atoms with van der Waals surface area (Å²) in [5.74, 6) is -0.438. The molecule has 5 nitrogen and oxygen atoms in total. The first-order chi connectivity index (χ1) is 9.04. The van der Waals surface area contributed by atoms with Gasteiger partial charge in [-0.05, 0) is 19.1 Å². The number of hydrogen-bond acceptors (Lipinski definition) is 4. The molecule has 0 aliphatic rings. The van der Waals surface area contributed by atoms with Crippen molar-refractivity contribution in [2.24, 2.45) is 5.92 Å². The molecule has 1 rings (SSSR count). The molecule has 0 unspecified atom stereocenters. The van der Waals surface area contributed by atoms with E-state index in [9.17, 15) is 9.59 Å². The monoisotopic (exact) mass is 265 g/mol. The first kappa shape index (κ1) is 15.0. The number of hydrogen-bond donors (Lipinski definition) is 1. The van der Waals surface area contributed by atoms with Crippen molar-refractivity contribution < 1.29 is 19.1 Å². The molecule has 1 N–H and O–H groups in total. The summed E-state index contributed by atoms with van der Waals surface area (Å²) in [4.78, 5) is 22.9. The summed E-state index contributed by atoms with van der Waals surface area (Å²) in [5.41, 5.74) is 0.565. The van der Waals surface area contributed by atoms with Crippen LogP contribution in [0.15, 0.2) is 24.3 Å². The highest BCUT2D eigenvalue weighted by Gasteiger charge is 2.12. The van der Waals surface area contributed by atoms with Gasteiger partial charge >= 0.3 is 5.97 Å². The number of carbonyl (C=O) groups excluding carboxylic acids is 2. The van der Waals surface area contributed by atoms with Crippen molar-refractivity contribution in [3.05, 3.63) is 24.3 Å². The van der Waals surface area contributed by atoms with Gasteiger partial charge in [0, 0.05) is 0 Å². The zero-order valence-electron chi connectivity index (χ0n) is 11.4. The van der Waals surface area contributed by atoms with Crippen LogP contribution in [0.1, 0.15) is 20.8 Å². The lowest BCUT2D eigenvalue weighted by atomic mass is 10.2. The average Bonchev–Trinajstić information content (AvgIpc) is 2.38. The zero-order valence-corrected chi connectivity index (χ0v) is 11.4. The first-order valence-corrected chi connectivity index (χ1v) is 6.23. The molecule has 0 saturated heterocycles. The maximum atomic E-state index is 11.7. The van der Waals surface area contributed by atoms with Crippen LogP contribution in [0.3, 0.4) is 0 Å². The molecule has 1 aromatic carbocycles. The van der Waals surface area contributed by atoms with Gasteiger partial charge in [-0.1, -0.05) is 26.0 Å². The Kier molecular flexibility index (Phi) is 5.85. The van der Waals surface area contributed by atoms with E-state index < -0.39 is 5.97 Å². The Labute approximate surface area is 112 Å². The number of rotatable bonds is 6. The molecule has 0 atom stereocenters. The van der Waals surface area contributed by atoms with Crippen molar-refractivity contribution in [2.45, 2.75) is 20.8 Å². The quantitative estimate of drug-likeness (QED) is 0.801. The molecule has 1 amide bonds. The largest absolute Gasteiger partial charge is 0.492 e. The van der Waals surface area contributed by atoms with Crippen LogP contribution in [0.2, 0.25) is 0 Å². The molecule has 0 bridgehead atoms. The van der Waals surface area contributed by atoms with E-state index in [0.717, 1.165) is 0 Å². The smallest absolute Gasteiger partial charge is 0.308 e. The summed E-state index contributed by atoms with van der Waals surface area (Å²) in [6.45, 7) is 5.50. The summed E-state index contributed by atoms with van der Waals surface area (Å²) in [6.07, 6.45) is 0. The average molecular weight is 265 g/mol. The standard InChI is InChI=1S/C14H19NO4/c1-4-18-12-8-6-5-7-11(12)15-13(16)9-19-14(17)10(2)3/h5-8,10H,4,9H2,1-3H3,(H,15,16). The molecule has 0 aliphatic carbocycles. The summed E-state index contributed by atoms with van der Waals surface area (Å²) in [5, 5.41) is 2.65. The van der Waals surface area contributed by atoms with Gasteiger partial charge in [-0.2, -0.15) is 0 Å². The van der Waals surface area contributed by atoms with Crippen LogP contribution in [0, 0.1) is 5.92 Å². The highest BCUT2D eigenvalue weighted by Crippen LogP contribution is 2.23. The lowest BCUT2D eigenvalue weighted by Crippen LogP contribution is -2.23. The minimum absolute atomic E-state index is 0.247. The first-order valence-electron chi connectivity index (χ1n) is 6.23. The van der Waals surface area contributed by atoms with Crippen molar-refractivity contribution >= 4 is 17.6 Å². The second-order valence-corrected chi connectivity index (χ2v) is 4.24. The van der Waals surface area contributed by atoms with Crippen LogP contribution in [-0.2, 0) is 14.3 Å². The molecule has 0 fully saturated rings. The van der Waals surface area contributed by atoms with Gasteiger partial charge in [0.15, 0.2) is 6.61 Å². The van der Waals surface area contributed by atoms with Gasteiger partial charge in [0.1, 0.15) is 5.75 Å². The molecule has 5 heteroatoms. The van der Waals surface area contributed by atoms with E-state index in [2.05, 4.69) is 5.32 Å². The molecule has 1 aromatic rings. The highest BCUT2D eigenvalue weighted by molar-refractivity contribution is 5.94. The zero-order chi connectivity index (χ0) is 14.3. The van der Waals surface area contributed by atoms with Gasteiger partial charge in [-0.15, -0.1) is 0 Å². The second kappa shape index (κ2) is 7.41. The molecule has 0 aliphatic heterocycles. The minimum Gasteiger partial charge on any atom is -0.492 e. The van der Waals surface area contributed by atoms with E-state index in [1.54, 1.807) is 32.0 Å². The molecule has 0 radical (unpaired) electrons. The Morgan fingerprint density at radius 3 is 2.58 bits per heavy atom. The van der Waals surface area contributed by atoms with Crippen LogP contribution >= 0.6 is 0 Å². The molecule has 104 valence electrons. The molecule has 0 spiro atoms. The number of para-hydroxylation sites is 2. The maximum absolute atomic E-state index is 11.7. The Morgan fingerprint density at radius 1 is 1.26 bits per heavy atom. The fraction of sp³-hybridized carbons (Fsp3) is 0.429. The van der Waals surface area contributed by atoms with Crippen LogP contribution in [0.5, 0.6) is 5.75 Å². The van der Waals surface area contributed by atoms with E-state index in [4.69, 9.17) is 9.47 Å². The van der Waals surface area contributed by atoms with E-state index in [-0.39, 0.29) is 18.4 Å². The Bertz CT molecular complexity index is 443. The van der Waals surface area contributed by atoms with Crippen molar-refractivity contribution in [1.82, 2.24) is 0 Å². The summed E-state index contributed by atoms with van der Waals surface area (Å²) in [6, 6.07) is 7.10. The van der Waals surface area contributed by atoms with Crippen molar-refractivity contribution in [2.75, 3.05) is 18.5 Å². The lowest BCUT2D eigenvalue weighted by Gasteiger charge is -2.11. The lowest BCUT2D eigenvalue weighted by molar-refractivity contribution is -0.150. The molecular formula is C14H19NO4. The number of benzene rings is 1. The van der Waals surface area contributed by atoms with E-state index in [0.29, 0.717) is 18.0 Å². The Balaban J connectivity index is 2.55. The Hall–Kier alpha value is -2.04. The van der Waals surface area contributed by atoms with Gasteiger partial charge in [0.2, 0.25) is 0 Å². The fourth-order valence-corrected chi connectivity index (χ4v) is 1.34. The number of esters is 1. The molecule has 0 heterocycles. The van der Waals surface area contributed by atoms with Crippen molar-refractivity contribution in [3.63, 3.8) is 0 Å². The molecular weight excluding hydrogens is 246 g/mol. The van der Waals surface area contributed by atoms with E-state index in [1.807, 2.05) is 13.0 Å². The number of anilines is 1. The second-order valence-electron chi connectivity index (χ2n) is 4.24. The predicted molar refractivity (Wildman–Crippen MR) is 72.0 cm³/mol. The van der Waals surface area contributed by atoms with E-state index >= 15 is 0 Å². The minimum atomic E-state index is -0.395. The van der Waals surface area contributed by atoms with Gasteiger partial charge in [0.05, 0.1) is 18.2 Å². The van der Waals surface area contributed by atoms with Crippen molar-refractivity contribution in [3.8, 4) is 5.75 Å². The van der Waals surface area contributed by atoms with Gasteiger partial charge in [-0.25, -0.2) is 0 Å². The third-order valence-corrected chi connectivity index (χ3v) is 2.28. The van der Waals surface area contributed by atoms with Crippen LogP contribution in [0.25, 0.3) is 0 Å². The van der Waals surface area contributed by atoms with E-state index in [1.165, 1.54) is 0 Å². The van der Waals surface area contributed by atoms with Crippen LogP contribution in [-0.4, -0.2) is 25.1 Å². The SMILES string of the molecule is CCOc1ccccc1NC(=O)COC(=O)C(C)C. The molecule has 0 aromatic heterocycles.